The zero-order valence-electron chi connectivity index (χ0n) is 10.2. The Bertz CT molecular complexity index is 578. The van der Waals surface area contributed by atoms with E-state index in [9.17, 15) is 4.79 Å². The summed E-state index contributed by atoms with van der Waals surface area (Å²) >= 11 is 5.93. The summed E-state index contributed by atoms with van der Waals surface area (Å²) in [5.41, 5.74) is 1.93. The number of nitrogens with zero attached hydrogens (tertiary/aromatic N) is 1. The van der Waals surface area contributed by atoms with Crippen LogP contribution >= 0.6 is 11.6 Å². The van der Waals surface area contributed by atoms with Gasteiger partial charge in [0.2, 0.25) is 0 Å². The standard InChI is InChI=1S/C13H13ClN2O2/c1-3-10-11(13(17)18-2)16-12(15-10)8-5-4-6-9(14)7-8/h4-7H,3H2,1-2H3,(H,15,16). The molecule has 4 nitrogen and oxygen atoms in total. The van der Waals surface area contributed by atoms with Crippen molar-refractivity contribution < 1.29 is 9.53 Å². The Morgan fingerprint density at radius 2 is 2.28 bits per heavy atom. The van der Waals surface area contributed by atoms with Crippen molar-refractivity contribution in [2.45, 2.75) is 13.3 Å². The smallest absolute Gasteiger partial charge is 0.358 e. The van der Waals surface area contributed by atoms with E-state index in [4.69, 9.17) is 16.3 Å². The number of ether oxygens (including phenoxy) is 1. The number of esters is 1. The number of hydrogen-bond acceptors (Lipinski definition) is 3. The zero-order chi connectivity index (χ0) is 13.1. The van der Waals surface area contributed by atoms with Gasteiger partial charge in [-0.15, -0.1) is 0 Å². The maximum Gasteiger partial charge on any atom is 0.358 e. The van der Waals surface area contributed by atoms with Gasteiger partial charge in [0, 0.05) is 16.3 Å². The molecular formula is C13H13ClN2O2. The lowest BCUT2D eigenvalue weighted by molar-refractivity contribution is 0.0593. The number of nitrogens with one attached hydrogen (secondary N) is 1. The molecule has 18 heavy (non-hydrogen) atoms. The molecule has 94 valence electrons. The number of methoxy groups -OCH3 is 1. The molecule has 0 radical (unpaired) electrons. The molecule has 0 saturated carbocycles. The van der Waals surface area contributed by atoms with Crippen LogP contribution in [0.5, 0.6) is 0 Å². The lowest BCUT2D eigenvalue weighted by Gasteiger charge is -1.96. The molecule has 1 aromatic carbocycles. The Kier molecular flexibility index (Phi) is 3.67. The Morgan fingerprint density at radius 1 is 1.50 bits per heavy atom. The maximum atomic E-state index is 11.6. The lowest BCUT2D eigenvalue weighted by atomic mass is 10.2. The van der Waals surface area contributed by atoms with Gasteiger partial charge in [-0.3, -0.25) is 0 Å². The maximum absolute atomic E-state index is 11.6. The lowest BCUT2D eigenvalue weighted by Crippen LogP contribution is -2.04. The van der Waals surface area contributed by atoms with Crippen molar-refractivity contribution in [3.8, 4) is 11.4 Å². The van der Waals surface area contributed by atoms with Crippen LogP contribution in [-0.2, 0) is 11.2 Å². The first-order valence-electron chi connectivity index (χ1n) is 5.58. The third-order valence-electron chi connectivity index (χ3n) is 2.61. The van der Waals surface area contributed by atoms with Crippen molar-refractivity contribution in [2.75, 3.05) is 7.11 Å². The second kappa shape index (κ2) is 5.23. The van der Waals surface area contributed by atoms with Gasteiger partial charge in [-0.25, -0.2) is 9.78 Å². The van der Waals surface area contributed by atoms with Crippen molar-refractivity contribution in [3.63, 3.8) is 0 Å². The molecule has 2 aromatic rings. The topological polar surface area (TPSA) is 55.0 Å². The minimum Gasteiger partial charge on any atom is -0.464 e. The Balaban J connectivity index is 2.47. The summed E-state index contributed by atoms with van der Waals surface area (Å²) in [6.45, 7) is 1.95. The number of imidazole rings is 1. The van der Waals surface area contributed by atoms with Gasteiger partial charge in [0.25, 0.3) is 0 Å². The minimum absolute atomic E-state index is 0.329. The molecular weight excluding hydrogens is 252 g/mol. The Labute approximate surface area is 110 Å². The van der Waals surface area contributed by atoms with E-state index in [2.05, 4.69) is 9.97 Å². The first-order valence-corrected chi connectivity index (χ1v) is 5.96. The average molecular weight is 265 g/mol. The quantitative estimate of drug-likeness (QED) is 0.867. The SMILES string of the molecule is CCc1[nH]c(-c2cccc(Cl)c2)nc1C(=O)OC. The molecule has 0 amide bonds. The molecule has 0 fully saturated rings. The first kappa shape index (κ1) is 12.6. The van der Waals surface area contributed by atoms with Gasteiger partial charge >= 0.3 is 5.97 Å². The van der Waals surface area contributed by atoms with E-state index in [1.165, 1.54) is 7.11 Å². The van der Waals surface area contributed by atoms with Crippen LogP contribution in [-0.4, -0.2) is 23.0 Å². The van der Waals surface area contributed by atoms with E-state index in [0.29, 0.717) is 23.0 Å². The molecule has 0 unspecified atom stereocenters. The van der Waals surface area contributed by atoms with Crippen molar-refractivity contribution in [1.29, 1.82) is 0 Å². The van der Waals surface area contributed by atoms with Crippen LogP contribution < -0.4 is 0 Å². The molecule has 5 heteroatoms. The number of rotatable bonds is 3. The molecule has 1 N–H and O–H groups in total. The zero-order valence-corrected chi connectivity index (χ0v) is 10.9. The van der Waals surface area contributed by atoms with Gasteiger partial charge in [-0.1, -0.05) is 30.7 Å². The second-order valence-corrected chi connectivity index (χ2v) is 4.20. The monoisotopic (exact) mass is 264 g/mol. The summed E-state index contributed by atoms with van der Waals surface area (Å²) in [5.74, 6) is 0.186. The van der Waals surface area contributed by atoms with Gasteiger partial charge in [-0.05, 0) is 18.6 Å². The highest BCUT2D eigenvalue weighted by molar-refractivity contribution is 6.30. The number of halogens is 1. The van der Waals surface area contributed by atoms with E-state index in [1.54, 1.807) is 12.1 Å². The molecule has 0 spiro atoms. The van der Waals surface area contributed by atoms with E-state index in [-0.39, 0.29) is 0 Å². The van der Waals surface area contributed by atoms with E-state index >= 15 is 0 Å². The fourth-order valence-corrected chi connectivity index (χ4v) is 1.89. The number of hydrogen-bond donors (Lipinski definition) is 1. The van der Waals surface area contributed by atoms with Crippen LogP contribution in [0.15, 0.2) is 24.3 Å². The molecule has 0 aliphatic heterocycles. The third kappa shape index (κ3) is 2.38. The van der Waals surface area contributed by atoms with Gasteiger partial charge in [-0.2, -0.15) is 0 Å². The highest BCUT2D eigenvalue weighted by atomic mass is 35.5. The molecule has 1 heterocycles. The number of carbonyl (C=O) groups excluding carboxylic acids is 1. The van der Waals surface area contributed by atoms with E-state index < -0.39 is 5.97 Å². The summed E-state index contributed by atoms with van der Waals surface area (Å²) in [7, 11) is 1.34. The van der Waals surface area contributed by atoms with E-state index in [0.717, 1.165) is 11.3 Å². The van der Waals surface area contributed by atoms with Crippen LogP contribution in [0.4, 0.5) is 0 Å². The van der Waals surface area contributed by atoms with Gasteiger partial charge in [0.05, 0.1) is 7.11 Å². The summed E-state index contributed by atoms with van der Waals surface area (Å²) in [4.78, 5) is 19.0. The molecule has 0 aliphatic carbocycles. The molecule has 0 aliphatic rings. The highest BCUT2D eigenvalue weighted by Gasteiger charge is 2.17. The third-order valence-corrected chi connectivity index (χ3v) is 2.84. The molecule has 2 rings (SSSR count). The van der Waals surface area contributed by atoms with Crippen LogP contribution in [0.2, 0.25) is 5.02 Å². The second-order valence-electron chi connectivity index (χ2n) is 3.77. The van der Waals surface area contributed by atoms with Crippen molar-refractivity contribution >= 4 is 17.6 Å². The number of aromatic nitrogens is 2. The van der Waals surface area contributed by atoms with Gasteiger partial charge in [0.15, 0.2) is 5.69 Å². The van der Waals surface area contributed by atoms with Crippen LogP contribution in [0.25, 0.3) is 11.4 Å². The van der Waals surface area contributed by atoms with Crippen molar-refractivity contribution in [3.05, 3.63) is 40.7 Å². The number of benzene rings is 1. The normalized spacial score (nSPS) is 10.4. The molecule has 0 atom stereocenters. The molecule has 0 saturated heterocycles. The number of carbonyl (C=O) groups is 1. The Hall–Kier alpha value is -1.81. The number of aryl methyl sites for hydroxylation is 1. The van der Waals surface area contributed by atoms with Crippen LogP contribution in [0.1, 0.15) is 23.1 Å². The Morgan fingerprint density at radius 3 is 2.89 bits per heavy atom. The fourth-order valence-electron chi connectivity index (χ4n) is 1.70. The number of aromatic amines is 1. The summed E-state index contributed by atoms with van der Waals surface area (Å²) in [6.07, 6.45) is 0.679. The van der Waals surface area contributed by atoms with Gasteiger partial charge < -0.3 is 9.72 Å². The predicted octanol–water partition coefficient (Wildman–Crippen LogP) is 3.08. The van der Waals surface area contributed by atoms with Crippen LogP contribution in [0, 0.1) is 0 Å². The summed E-state index contributed by atoms with van der Waals surface area (Å²) in [6, 6.07) is 7.30. The largest absolute Gasteiger partial charge is 0.464 e. The van der Waals surface area contributed by atoms with Crippen molar-refractivity contribution in [2.24, 2.45) is 0 Å². The summed E-state index contributed by atoms with van der Waals surface area (Å²) < 4.78 is 4.70. The molecule has 0 bridgehead atoms. The predicted molar refractivity (Wildman–Crippen MR) is 69.8 cm³/mol. The highest BCUT2D eigenvalue weighted by Crippen LogP contribution is 2.22. The summed E-state index contributed by atoms with van der Waals surface area (Å²) in [5, 5.41) is 0.626. The van der Waals surface area contributed by atoms with Crippen LogP contribution in [0.3, 0.4) is 0 Å². The fraction of sp³-hybridized carbons (Fsp3) is 0.231. The van der Waals surface area contributed by atoms with E-state index in [1.807, 2.05) is 19.1 Å². The number of H-pyrrole nitrogens is 1. The molecule has 1 aromatic heterocycles. The van der Waals surface area contributed by atoms with Gasteiger partial charge in [0.1, 0.15) is 5.82 Å². The minimum atomic E-state index is -0.434. The average Bonchev–Trinajstić information content (AvgIpc) is 2.82. The van der Waals surface area contributed by atoms with Crippen molar-refractivity contribution in [1.82, 2.24) is 9.97 Å². The first-order chi connectivity index (χ1) is 8.65.